The van der Waals surface area contributed by atoms with Crippen LogP contribution in [-0.4, -0.2) is 28.8 Å². The maximum atomic E-state index is 14.2. The van der Waals surface area contributed by atoms with Crippen LogP contribution in [0.3, 0.4) is 0 Å². The number of amidine groups is 1. The molecule has 0 heterocycles. The van der Waals surface area contributed by atoms with Crippen molar-refractivity contribution in [2.75, 3.05) is 6.54 Å². The van der Waals surface area contributed by atoms with Gasteiger partial charge in [0.25, 0.3) is 0 Å². The molecule has 0 bridgehead atoms. The molecule has 1 aromatic carbocycles. The monoisotopic (exact) mass is 295 g/mol. The molecule has 5 N–H and O–H groups in total. The second kappa shape index (κ2) is 7.38. The van der Waals surface area contributed by atoms with Crippen LogP contribution in [-0.2, 0) is 6.54 Å². The Bertz CT molecular complexity index is 508. The van der Waals surface area contributed by atoms with Crippen molar-refractivity contribution >= 4 is 5.84 Å². The number of aliphatic hydroxyl groups excluding tert-OH is 1. The number of aliphatic hydroxyl groups is 1. The minimum atomic E-state index is -0.482. The molecule has 1 aliphatic carbocycles. The summed E-state index contributed by atoms with van der Waals surface area (Å²) in [6.45, 7) is 1.01. The minimum absolute atomic E-state index is 0.0921. The summed E-state index contributed by atoms with van der Waals surface area (Å²) in [5.41, 5.74) is 5.99. The number of hydrogen-bond acceptors (Lipinski definition) is 4. The van der Waals surface area contributed by atoms with Crippen LogP contribution in [0, 0.1) is 11.7 Å². The van der Waals surface area contributed by atoms with Crippen LogP contribution in [0.25, 0.3) is 0 Å². The third-order valence-electron chi connectivity index (χ3n) is 4.05. The second-order valence-corrected chi connectivity index (χ2v) is 5.51. The Morgan fingerprint density at radius 1 is 1.38 bits per heavy atom. The van der Waals surface area contributed by atoms with Crippen molar-refractivity contribution in [1.82, 2.24) is 5.32 Å². The van der Waals surface area contributed by atoms with E-state index in [0.29, 0.717) is 18.7 Å². The van der Waals surface area contributed by atoms with E-state index >= 15 is 0 Å². The first-order valence-corrected chi connectivity index (χ1v) is 7.27. The summed E-state index contributed by atoms with van der Waals surface area (Å²) < 4.78 is 14.2. The lowest BCUT2D eigenvalue weighted by atomic mass is 9.86. The van der Waals surface area contributed by atoms with E-state index in [9.17, 15) is 9.50 Å². The standard InChI is InChI=1S/C15H22FN3O2/c16-14-11(5-3-6-12(14)15(17)19-21)9-18-8-10-4-1-2-7-13(10)20/h3,5-6,10,13,18,20-21H,1-2,4,7-9H2,(H2,17,19). The predicted octanol–water partition coefficient (Wildman–Crippen LogP) is 1.56. The van der Waals surface area contributed by atoms with Gasteiger partial charge >= 0.3 is 0 Å². The van der Waals surface area contributed by atoms with Crippen LogP contribution in [0.2, 0.25) is 0 Å². The van der Waals surface area contributed by atoms with Crippen LogP contribution >= 0.6 is 0 Å². The Labute approximate surface area is 123 Å². The van der Waals surface area contributed by atoms with Crippen LogP contribution in [0.4, 0.5) is 4.39 Å². The number of nitrogens with zero attached hydrogens (tertiary/aromatic N) is 1. The SMILES string of the molecule is N/C(=N/O)c1cccc(CNCC2CCCCC2O)c1F. The molecule has 6 heteroatoms. The summed E-state index contributed by atoms with van der Waals surface area (Å²) in [5.74, 6) is -0.490. The van der Waals surface area contributed by atoms with Crippen molar-refractivity contribution in [2.45, 2.75) is 38.3 Å². The molecule has 116 valence electrons. The van der Waals surface area contributed by atoms with Gasteiger partial charge in [-0.05, 0) is 24.8 Å². The molecule has 21 heavy (non-hydrogen) atoms. The van der Waals surface area contributed by atoms with Crippen molar-refractivity contribution in [2.24, 2.45) is 16.8 Å². The van der Waals surface area contributed by atoms with Gasteiger partial charge in [0.05, 0.1) is 11.7 Å². The molecule has 0 aromatic heterocycles. The Morgan fingerprint density at radius 3 is 2.86 bits per heavy atom. The van der Waals surface area contributed by atoms with E-state index in [1.165, 1.54) is 6.07 Å². The number of hydrogen-bond donors (Lipinski definition) is 4. The van der Waals surface area contributed by atoms with Gasteiger partial charge in [-0.25, -0.2) is 4.39 Å². The maximum absolute atomic E-state index is 14.2. The number of nitrogens with one attached hydrogen (secondary N) is 1. The van der Waals surface area contributed by atoms with Gasteiger partial charge in [-0.15, -0.1) is 0 Å². The molecular weight excluding hydrogens is 273 g/mol. The van der Waals surface area contributed by atoms with Crippen molar-refractivity contribution in [3.63, 3.8) is 0 Å². The van der Waals surface area contributed by atoms with Gasteiger partial charge < -0.3 is 21.4 Å². The lowest BCUT2D eigenvalue weighted by Gasteiger charge is -2.27. The van der Waals surface area contributed by atoms with Gasteiger partial charge in [0, 0.05) is 18.7 Å². The van der Waals surface area contributed by atoms with Gasteiger partial charge in [0.1, 0.15) is 5.82 Å². The van der Waals surface area contributed by atoms with Crippen molar-refractivity contribution in [3.8, 4) is 0 Å². The highest BCUT2D eigenvalue weighted by atomic mass is 19.1. The first-order valence-electron chi connectivity index (χ1n) is 7.27. The first-order chi connectivity index (χ1) is 10.1. The molecule has 0 spiro atoms. The summed E-state index contributed by atoms with van der Waals surface area (Å²) in [4.78, 5) is 0. The molecule has 1 fully saturated rings. The molecule has 0 saturated heterocycles. The normalized spacial score (nSPS) is 23.2. The number of nitrogens with two attached hydrogens (primary N) is 1. The molecule has 1 aromatic rings. The number of halogens is 1. The second-order valence-electron chi connectivity index (χ2n) is 5.51. The summed E-state index contributed by atoms with van der Waals surface area (Å²) >= 11 is 0. The minimum Gasteiger partial charge on any atom is -0.409 e. The van der Waals surface area contributed by atoms with Crippen LogP contribution in [0.1, 0.15) is 36.8 Å². The zero-order valence-electron chi connectivity index (χ0n) is 11.9. The fourth-order valence-corrected chi connectivity index (χ4v) is 2.79. The van der Waals surface area contributed by atoms with Crippen LogP contribution < -0.4 is 11.1 Å². The van der Waals surface area contributed by atoms with E-state index in [2.05, 4.69) is 10.5 Å². The molecule has 2 unspecified atom stereocenters. The van der Waals surface area contributed by atoms with Gasteiger partial charge in [0.2, 0.25) is 0 Å². The quantitative estimate of drug-likeness (QED) is 0.287. The third kappa shape index (κ3) is 3.92. The smallest absolute Gasteiger partial charge is 0.173 e. The van der Waals surface area contributed by atoms with Crippen LogP contribution in [0.15, 0.2) is 23.4 Å². The lowest BCUT2D eigenvalue weighted by molar-refractivity contribution is 0.0695. The Morgan fingerprint density at radius 2 is 2.14 bits per heavy atom. The average molecular weight is 295 g/mol. The van der Waals surface area contributed by atoms with Gasteiger partial charge in [-0.2, -0.15) is 0 Å². The molecule has 2 atom stereocenters. The van der Waals surface area contributed by atoms with Gasteiger partial charge in [0.15, 0.2) is 5.84 Å². The largest absolute Gasteiger partial charge is 0.409 e. The fourth-order valence-electron chi connectivity index (χ4n) is 2.79. The molecule has 1 aliphatic rings. The van der Waals surface area contributed by atoms with E-state index in [0.717, 1.165) is 25.7 Å². The van der Waals surface area contributed by atoms with Crippen molar-refractivity contribution in [3.05, 3.63) is 35.1 Å². The van der Waals surface area contributed by atoms with Gasteiger partial charge in [-0.1, -0.05) is 30.1 Å². The third-order valence-corrected chi connectivity index (χ3v) is 4.05. The summed E-state index contributed by atoms with van der Waals surface area (Å²) in [5, 5.41) is 24.5. The van der Waals surface area contributed by atoms with E-state index in [4.69, 9.17) is 10.9 Å². The maximum Gasteiger partial charge on any atom is 0.173 e. The zero-order valence-corrected chi connectivity index (χ0v) is 11.9. The van der Waals surface area contributed by atoms with Crippen molar-refractivity contribution in [1.29, 1.82) is 0 Å². The Balaban J connectivity index is 1.94. The number of oxime groups is 1. The Hall–Kier alpha value is -1.66. The highest BCUT2D eigenvalue weighted by Gasteiger charge is 2.22. The molecule has 0 aliphatic heterocycles. The molecule has 5 nitrogen and oxygen atoms in total. The number of rotatable bonds is 5. The van der Waals surface area contributed by atoms with E-state index in [1.54, 1.807) is 12.1 Å². The molecule has 0 radical (unpaired) electrons. The van der Waals surface area contributed by atoms with E-state index < -0.39 is 5.82 Å². The molecular formula is C15H22FN3O2. The zero-order chi connectivity index (χ0) is 15.2. The molecule has 0 amide bonds. The van der Waals surface area contributed by atoms with E-state index in [-0.39, 0.29) is 23.4 Å². The fraction of sp³-hybridized carbons (Fsp3) is 0.533. The molecule has 1 saturated carbocycles. The average Bonchev–Trinajstić information content (AvgIpc) is 2.50. The topological polar surface area (TPSA) is 90.9 Å². The summed E-state index contributed by atoms with van der Waals surface area (Å²) in [7, 11) is 0. The summed E-state index contributed by atoms with van der Waals surface area (Å²) in [6.07, 6.45) is 3.80. The number of benzene rings is 1. The van der Waals surface area contributed by atoms with Crippen molar-refractivity contribution < 1.29 is 14.7 Å². The molecule has 2 rings (SSSR count). The highest BCUT2D eigenvalue weighted by molar-refractivity contribution is 5.97. The van der Waals surface area contributed by atoms with Gasteiger partial charge in [-0.3, -0.25) is 0 Å². The lowest BCUT2D eigenvalue weighted by Crippen LogP contribution is -2.33. The first kappa shape index (κ1) is 15.7. The van der Waals surface area contributed by atoms with Crippen LogP contribution in [0.5, 0.6) is 0 Å². The predicted molar refractivity (Wildman–Crippen MR) is 78.6 cm³/mol. The Kier molecular flexibility index (Phi) is 5.52. The van der Waals surface area contributed by atoms with E-state index in [1.807, 2.05) is 0 Å². The summed E-state index contributed by atoms with van der Waals surface area (Å²) in [6, 6.07) is 4.80. The highest BCUT2D eigenvalue weighted by Crippen LogP contribution is 2.23.